The molecule has 0 aliphatic heterocycles. The van der Waals surface area contributed by atoms with Crippen molar-refractivity contribution in [3.05, 3.63) is 0 Å². The van der Waals surface area contributed by atoms with E-state index in [-0.39, 0.29) is 6.04 Å². The molecule has 0 aromatic carbocycles. The van der Waals surface area contributed by atoms with Crippen LogP contribution in [0, 0.1) is 5.92 Å². The number of hydrogen-bond acceptors (Lipinski definition) is 1. The average molecular weight is 185 g/mol. The molecule has 0 aromatic heterocycles. The summed E-state index contributed by atoms with van der Waals surface area (Å²) >= 11 is 0. The topological polar surface area (TPSA) is 12.0 Å². The Labute approximate surface area is 80.1 Å². The van der Waals surface area contributed by atoms with Crippen molar-refractivity contribution in [1.82, 2.24) is 5.32 Å². The second-order valence-electron chi connectivity index (χ2n) is 4.82. The SMILES string of the molecule is CC1CCC(NC2CCC2F)CC1. The van der Waals surface area contributed by atoms with Crippen molar-refractivity contribution in [2.45, 2.75) is 63.7 Å². The van der Waals surface area contributed by atoms with Crippen LogP contribution in [0.25, 0.3) is 0 Å². The summed E-state index contributed by atoms with van der Waals surface area (Å²) in [5.74, 6) is 0.889. The predicted molar refractivity (Wildman–Crippen MR) is 52.5 cm³/mol. The third-order valence-electron chi connectivity index (χ3n) is 3.66. The van der Waals surface area contributed by atoms with Gasteiger partial charge in [0.05, 0.1) is 0 Å². The molecule has 2 saturated carbocycles. The quantitative estimate of drug-likeness (QED) is 0.697. The molecule has 2 atom stereocenters. The Balaban J connectivity index is 1.70. The highest BCUT2D eigenvalue weighted by Crippen LogP contribution is 2.28. The van der Waals surface area contributed by atoms with E-state index in [4.69, 9.17) is 0 Å². The number of rotatable bonds is 2. The zero-order valence-corrected chi connectivity index (χ0v) is 8.43. The minimum atomic E-state index is -0.556. The van der Waals surface area contributed by atoms with Crippen molar-refractivity contribution in [3.63, 3.8) is 0 Å². The van der Waals surface area contributed by atoms with Gasteiger partial charge in [-0.25, -0.2) is 4.39 Å². The van der Waals surface area contributed by atoms with Crippen molar-refractivity contribution in [1.29, 1.82) is 0 Å². The molecule has 13 heavy (non-hydrogen) atoms. The lowest BCUT2D eigenvalue weighted by Crippen LogP contribution is -2.50. The molecule has 2 rings (SSSR count). The van der Waals surface area contributed by atoms with E-state index in [0.29, 0.717) is 6.04 Å². The van der Waals surface area contributed by atoms with Crippen LogP contribution < -0.4 is 5.32 Å². The maximum atomic E-state index is 13.0. The predicted octanol–water partition coefficient (Wildman–Crippen LogP) is 2.66. The fourth-order valence-electron chi connectivity index (χ4n) is 2.38. The lowest BCUT2D eigenvalue weighted by Gasteiger charge is -2.37. The Bertz CT molecular complexity index is 163. The molecule has 2 aliphatic carbocycles. The summed E-state index contributed by atoms with van der Waals surface area (Å²) in [6.07, 6.45) is 6.42. The van der Waals surface area contributed by atoms with Gasteiger partial charge in [-0.05, 0) is 44.4 Å². The Morgan fingerprint density at radius 1 is 1.00 bits per heavy atom. The minimum absolute atomic E-state index is 0.193. The lowest BCUT2D eigenvalue weighted by molar-refractivity contribution is 0.121. The second-order valence-corrected chi connectivity index (χ2v) is 4.82. The Morgan fingerprint density at radius 3 is 2.15 bits per heavy atom. The van der Waals surface area contributed by atoms with Gasteiger partial charge in [-0.15, -0.1) is 0 Å². The van der Waals surface area contributed by atoms with Crippen LogP contribution in [-0.4, -0.2) is 18.3 Å². The third-order valence-corrected chi connectivity index (χ3v) is 3.66. The fourth-order valence-corrected chi connectivity index (χ4v) is 2.38. The van der Waals surface area contributed by atoms with Gasteiger partial charge in [-0.3, -0.25) is 0 Å². The molecule has 1 N–H and O–H groups in total. The second kappa shape index (κ2) is 3.95. The van der Waals surface area contributed by atoms with Crippen LogP contribution in [-0.2, 0) is 0 Å². The first-order chi connectivity index (χ1) is 6.25. The minimum Gasteiger partial charge on any atom is -0.308 e. The molecule has 0 spiro atoms. The largest absolute Gasteiger partial charge is 0.308 e. The summed E-state index contributed by atoms with van der Waals surface area (Å²) in [6, 6.07) is 0.804. The molecule has 2 heteroatoms. The van der Waals surface area contributed by atoms with Crippen LogP contribution in [0.3, 0.4) is 0 Å². The maximum Gasteiger partial charge on any atom is 0.115 e. The number of halogens is 1. The molecule has 76 valence electrons. The standard InChI is InChI=1S/C11H20FN/c1-8-2-4-9(5-3-8)13-11-7-6-10(11)12/h8-11,13H,2-7H2,1H3. The molecule has 0 aromatic rings. The summed E-state index contributed by atoms with van der Waals surface area (Å²) in [7, 11) is 0. The summed E-state index contributed by atoms with van der Waals surface area (Å²) in [5, 5.41) is 3.45. The Morgan fingerprint density at radius 2 is 1.69 bits per heavy atom. The van der Waals surface area contributed by atoms with Crippen molar-refractivity contribution in [2.24, 2.45) is 5.92 Å². The number of alkyl halides is 1. The highest BCUT2D eigenvalue weighted by atomic mass is 19.1. The van der Waals surface area contributed by atoms with Crippen LogP contribution in [0.1, 0.15) is 45.4 Å². The van der Waals surface area contributed by atoms with Crippen molar-refractivity contribution < 1.29 is 4.39 Å². The monoisotopic (exact) mass is 185 g/mol. The van der Waals surface area contributed by atoms with E-state index in [1.54, 1.807) is 0 Å². The van der Waals surface area contributed by atoms with Crippen molar-refractivity contribution in [3.8, 4) is 0 Å². The van der Waals surface area contributed by atoms with Crippen LogP contribution in [0.2, 0.25) is 0 Å². The van der Waals surface area contributed by atoms with Gasteiger partial charge in [-0.1, -0.05) is 6.92 Å². The van der Waals surface area contributed by atoms with Gasteiger partial charge in [0.1, 0.15) is 6.17 Å². The molecule has 1 nitrogen and oxygen atoms in total. The van der Waals surface area contributed by atoms with E-state index < -0.39 is 6.17 Å². The van der Waals surface area contributed by atoms with E-state index in [0.717, 1.165) is 18.8 Å². The van der Waals surface area contributed by atoms with Gasteiger partial charge in [-0.2, -0.15) is 0 Å². The van der Waals surface area contributed by atoms with Gasteiger partial charge < -0.3 is 5.32 Å². The van der Waals surface area contributed by atoms with Crippen LogP contribution in [0.5, 0.6) is 0 Å². The molecule has 0 saturated heterocycles. The summed E-state index contributed by atoms with van der Waals surface area (Å²) in [4.78, 5) is 0. The summed E-state index contributed by atoms with van der Waals surface area (Å²) in [6.45, 7) is 2.32. The molecule has 2 fully saturated rings. The van der Waals surface area contributed by atoms with E-state index >= 15 is 0 Å². The van der Waals surface area contributed by atoms with Crippen molar-refractivity contribution in [2.75, 3.05) is 0 Å². The zero-order chi connectivity index (χ0) is 9.26. The van der Waals surface area contributed by atoms with E-state index in [9.17, 15) is 4.39 Å². The van der Waals surface area contributed by atoms with E-state index in [1.165, 1.54) is 25.7 Å². The van der Waals surface area contributed by atoms with Gasteiger partial charge in [0.15, 0.2) is 0 Å². The van der Waals surface area contributed by atoms with Gasteiger partial charge in [0.25, 0.3) is 0 Å². The first kappa shape index (κ1) is 9.45. The number of hydrogen-bond donors (Lipinski definition) is 1. The Hall–Kier alpha value is -0.110. The first-order valence-corrected chi connectivity index (χ1v) is 5.66. The summed E-state index contributed by atoms with van der Waals surface area (Å²) in [5.41, 5.74) is 0. The van der Waals surface area contributed by atoms with Gasteiger partial charge in [0, 0.05) is 12.1 Å². The normalized spacial score (nSPS) is 45.7. The molecule has 0 radical (unpaired) electrons. The van der Waals surface area contributed by atoms with E-state index in [2.05, 4.69) is 12.2 Å². The van der Waals surface area contributed by atoms with Crippen LogP contribution in [0.4, 0.5) is 4.39 Å². The van der Waals surface area contributed by atoms with Crippen LogP contribution >= 0.6 is 0 Å². The van der Waals surface area contributed by atoms with E-state index in [1.807, 2.05) is 0 Å². The zero-order valence-electron chi connectivity index (χ0n) is 8.43. The average Bonchev–Trinajstić information content (AvgIpc) is 2.15. The fraction of sp³-hybridized carbons (Fsp3) is 1.00. The maximum absolute atomic E-state index is 13.0. The molecule has 2 aliphatic rings. The van der Waals surface area contributed by atoms with Crippen molar-refractivity contribution >= 4 is 0 Å². The molecule has 0 heterocycles. The lowest BCUT2D eigenvalue weighted by atomic mass is 9.84. The highest BCUT2D eigenvalue weighted by Gasteiger charge is 2.32. The Kier molecular flexibility index (Phi) is 2.87. The first-order valence-electron chi connectivity index (χ1n) is 5.66. The molecular formula is C11H20FN. The smallest absolute Gasteiger partial charge is 0.115 e. The molecule has 2 unspecified atom stereocenters. The molecule has 0 amide bonds. The summed E-state index contributed by atoms with van der Waals surface area (Å²) < 4.78 is 13.0. The number of nitrogens with one attached hydrogen (secondary N) is 1. The third kappa shape index (κ3) is 2.22. The highest BCUT2D eigenvalue weighted by molar-refractivity contribution is 4.90. The molecule has 0 bridgehead atoms. The van der Waals surface area contributed by atoms with Gasteiger partial charge in [0.2, 0.25) is 0 Å². The van der Waals surface area contributed by atoms with Gasteiger partial charge >= 0.3 is 0 Å². The van der Waals surface area contributed by atoms with Crippen LogP contribution in [0.15, 0.2) is 0 Å². The molecular weight excluding hydrogens is 165 g/mol.